The zero-order valence-corrected chi connectivity index (χ0v) is 14.0. The van der Waals surface area contributed by atoms with Crippen molar-refractivity contribution in [2.75, 3.05) is 0 Å². The van der Waals surface area contributed by atoms with Crippen molar-refractivity contribution in [1.29, 1.82) is 0 Å². The summed E-state index contributed by atoms with van der Waals surface area (Å²) in [5.41, 5.74) is 0. The molecule has 1 aromatic rings. The Morgan fingerprint density at radius 3 is 2.25 bits per heavy atom. The molecule has 0 saturated carbocycles. The third kappa shape index (κ3) is 5.83. The largest absolute Gasteiger partial charge is 0.334 e. The predicted molar refractivity (Wildman–Crippen MR) is 82.6 cm³/mol. The number of hydrogen-bond acceptors (Lipinski definition) is 3. The van der Waals surface area contributed by atoms with Gasteiger partial charge in [-0.2, -0.15) is 0 Å². The summed E-state index contributed by atoms with van der Waals surface area (Å²) in [6.45, 7) is 5.00. The Morgan fingerprint density at radius 2 is 1.70 bits per heavy atom. The van der Waals surface area contributed by atoms with Gasteiger partial charge in [-0.15, -0.1) is 0 Å². The van der Waals surface area contributed by atoms with Crippen LogP contribution in [0.15, 0.2) is 11.2 Å². The smallest absolute Gasteiger partial charge is 0.280 e. The Hall–Kier alpha value is -0.550. The highest BCUT2D eigenvalue weighted by Crippen LogP contribution is 2.16. The monoisotopic (exact) mass is 320 g/mol. The molecule has 116 valence electrons. The molecule has 0 bridgehead atoms. The molecule has 0 aliphatic heterocycles. The number of unbranched alkanes of at least 4 members (excludes halogenated alkanes) is 6. The summed E-state index contributed by atoms with van der Waals surface area (Å²) >= 11 is 0. The van der Waals surface area contributed by atoms with Crippen LogP contribution in [0, 0.1) is 0 Å². The molecular weight excluding hydrogens is 296 g/mol. The summed E-state index contributed by atoms with van der Waals surface area (Å²) in [5, 5.41) is -0.0287. The lowest BCUT2D eigenvalue weighted by Gasteiger charge is -2.05. The van der Waals surface area contributed by atoms with Gasteiger partial charge >= 0.3 is 0 Å². The van der Waals surface area contributed by atoms with E-state index >= 15 is 0 Å². The van der Waals surface area contributed by atoms with Crippen LogP contribution in [0.2, 0.25) is 0 Å². The van der Waals surface area contributed by atoms with Crippen molar-refractivity contribution in [3.63, 3.8) is 0 Å². The van der Waals surface area contributed by atoms with Crippen LogP contribution in [-0.4, -0.2) is 18.0 Å². The second-order valence-corrected chi connectivity index (χ2v) is 7.61. The van der Waals surface area contributed by atoms with Crippen LogP contribution in [0.1, 0.15) is 64.6 Å². The average molecular weight is 321 g/mol. The van der Waals surface area contributed by atoms with Gasteiger partial charge < -0.3 is 4.57 Å². The van der Waals surface area contributed by atoms with Gasteiger partial charge in [-0.05, 0) is 6.42 Å². The van der Waals surface area contributed by atoms with Gasteiger partial charge in [0.15, 0.2) is 5.03 Å². The SMILES string of the molecule is CCCCCCCCCn1cc(S(=O)(=O)Cl)nc1CC. The number of imidazole rings is 1. The van der Waals surface area contributed by atoms with E-state index in [-0.39, 0.29) is 5.03 Å². The lowest BCUT2D eigenvalue weighted by atomic mass is 10.1. The first-order valence-electron chi connectivity index (χ1n) is 7.49. The minimum atomic E-state index is -3.72. The fourth-order valence-electron chi connectivity index (χ4n) is 2.26. The van der Waals surface area contributed by atoms with E-state index in [4.69, 9.17) is 10.7 Å². The molecule has 0 unspecified atom stereocenters. The number of aromatic nitrogens is 2. The molecule has 0 radical (unpaired) electrons. The number of aryl methyl sites for hydroxylation is 2. The van der Waals surface area contributed by atoms with Crippen LogP contribution in [0.3, 0.4) is 0 Å². The summed E-state index contributed by atoms with van der Waals surface area (Å²) < 4.78 is 24.5. The van der Waals surface area contributed by atoms with Gasteiger partial charge in [-0.25, -0.2) is 13.4 Å². The van der Waals surface area contributed by atoms with Gasteiger partial charge in [0.05, 0.1) is 0 Å². The number of halogens is 1. The molecule has 0 N–H and O–H groups in total. The van der Waals surface area contributed by atoms with E-state index in [0.717, 1.165) is 18.8 Å². The van der Waals surface area contributed by atoms with E-state index in [2.05, 4.69) is 11.9 Å². The molecule has 1 heterocycles. The Labute approximate surface area is 127 Å². The molecule has 4 nitrogen and oxygen atoms in total. The highest BCUT2D eigenvalue weighted by atomic mass is 35.7. The quantitative estimate of drug-likeness (QED) is 0.481. The van der Waals surface area contributed by atoms with Crippen molar-refractivity contribution in [1.82, 2.24) is 9.55 Å². The summed E-state index contributed by atoms with van der Waals surface area (Å²) in [4.78, 5) is 4.08. The van der Waals surface area contributed by atoms with Crippen molar-refractivity contribution in [3.05, 3.63) is 12.0 Å². The molecule has 0 aliphatic rings. The maximum Gasteiger partial charge on any atom is 0.280 e. The van der Waals surface area contributed by atoms with Crippen LogP contribution in [0.4, 0.5) is 0 Å². The van der Waals surface area contributed by atoms with Crippen molar-refractivity contribution in [3.8, 4) is 0 Å². The summed E-state index contributed by atoms with van der Waals surface area (Å²) in [6.07, 6.45) is 10.9. The molecule has 6 heteroatoms. The van der Waals surface area contributed by atoms with Crippen LogP contribution >= 0.6 is 10.7 Å². The average Bonchev–Trinajstić information content (AvgIpc) is 2.81. The van der Waals surface area contributed by atoms with Gasteiger partial charge in [0, 0.05) is 29.8 Å². The van der Waals surface area contributed by atoms with Crippen LogP contribution in [0.5, 0.6) is 0 Å². The highest BCUT2D eigenvalue weighted by Gasteiger charge is 2.16. The van der Waals surface area contributed by atoms with Gasteiger partial charge in [0.1, 0.15) is 5.82 Å². The van der Waals surface area contributed by atoms with Crippen LogP contribution in [-0.2, 0) is 22.0 Å². The first-order chi connectivity index (χ1) is 9.49. The Balaban J connectivity index is 2.42. The second kappa shape index (κ2) is 8.67. The Bertz CT molecular complexity index is 497. The molecule has 0 aromatic carbocycles. The molecule has 1 rings (SSSR count). The summed E-state index contributed by atoms with van der Waals surface area (Å²) in [6, 6.07) is 0. The van der Waals surface area contributed by atoms with Crippen molar-refractivity contribution >= 4 is 19.7 Å². The third-order valence-electron chi connectivity index (χ3n) is 3.41. The second-order valence-electron chi connectivity index (χ2n) is 5.10. The fraction of sp³-hybridized carbons (Fsp3) is 0.786. The normalized spacial score (nSPS) is 11.9. The number of nitrogens with zero attached hydrogens (tertiary/aromatic N) is 2. The fourth-order valence-corrected chi connectivity index (χ4v) is 2.95. The minimum absolute atomic E-state index is 0.0287. The third-order valence-corrected chi connectivity index (χ3v) is 4.58. The Morgan fingerprint density at radius 1 is 1.10 bits per heavy atom. The number of hydrogen-bond donors (Lipinski definition) is 0. The highest BCUT2D eigenvalue weighted by molar-refractivity contribution is 8.13. The van der Waals surface area contributed by atoms with E-state index in [1.54, 1.807) is 6.20 Å². The Kier molecular flexibility index (Phi) is 7.59. The van der Waals surface area contributed by atoms with Crippen LogP contribution in [0.25, 0.3) is 0 Å². The zero-order chi connectivity index (χ0) is 15.0. The molecule has 0 atom stereocenters. The molecule has 20 heavy (non-hydrogen) atoms. The van der Waals surface area contributed by atoms with E-state index in [9.17, 15) is 8.42 Å². The zero-order valence-electron chi connectivity index (χ0n) is 12.4. The van der Waals surface area contributed by atoms with Crippen molar-refractivity contribution in [2.24, 2.45) is 0 Å². The molecule has 0 saturated heterocycles. The molecule has 0 aliphatic carbocycles. The minimum Gasteiger partial charge on any atom is -0.334 e. The molecule has 0 spiro atoms. The number of rotatable bonds is 10. The van der Waals surface area contributed by atoms with E-state index < -0.39 is 9.05 Å². The van der Waals surface area contributed by atoms with Gasteiger partial charge in [-0.1, -0.05) is 52.4 Å². The van der Waals surface area contributed by atoms with Gasteiger partial charge in [-0.3, -0.25) is 0 Å². The maximum absolute atomic E-state index is 11.3. The van der Waals surface area contributed by atoms with Crippen molar-refractivity contribution < 1.29 is 8.42 Å². The predicted octanol–water partition coefficient (Wildman–Crippen LogP) is 4.12. The maximum atomic E-state index is 11.3. The van der Waals surface area contributed by atoms with Crippen molar-refractivity contribution in [2.45, 2.75) is 76.8 Å². The van der Waals surface area contributed by atoms with Crippen LogP contribution < -0.4 is 0 Å². The lowest BCUT2D eigenvalue weighted by molar-refractivity contribution is 0.540. The topological polar surface area (TPSA) is 52.0 Å². The van der Waals surface area contributed by atoms with E-state index in [0.29, 0.717) is 6.42 Å². The first-order valence-corrected chi connectivity index (χ1v) is 9.80. The molecule has 0 fully saturated rings. The van der Waals surface area contributed by atoms with Gasteiger partial charge in [0.2, 0.25) is 0 Å². The first kappa shape index (κ1) is 17.5. The lowest BCUT2D eigenvalue weighted by Crippen LogP contribution is -2.01. The molecular formula is C14H25ClN2O2S. The molecule has 0 amide bonds. The summed E-state index contributed by atoms with van der Waals surface area (Å²) in [7, 11) is 1.61. The van der Waals surface area contributed by atoms with E-state index in [1.807, 2.05) is 11.5 Å². The summed E-state index contributed by atoms with van der Waals surface area (Å²) in [5.74, 6) is 0.787. The van der Waals surface area contributed by atoms with E-state index in [1.165, 1.54) is 38.5 Å². The molecule has 1 aromatic heterocycles. The van der Waals surface area contributed by atoms with Gasteiger partial charge in [0.25, 0.3) is 9.05 Å². The standard InChI is InChI=1S/C14H25ClN2O2S/c1-3-5-6-7-8-9-10-11-17-12-14(20(15,18)19)16-13(17)4-2/h12H,3-11H2,1-2H3.